The molecule has 5 nitrogen and oxygen atoms in total. The highest BCUT2D eigenvalue weighted by Crippen LogP contribution is 2.44. The van der Waals surface area contributed by atoms with Gasteiger partial charge in [-0.15, -0.1) is 0 Å². The predicted molar refractivity (Wildman–Crippen MR) is 75.2 cm³/mol. The van der Waals surface area contributed by atoms with E-state index in [0.29, 0.717) is 31.6 Å². The number of rotatable bonds is 2. The first kappa shape index (κ1) is 14.3. The lowest BCUT2D eigenvalue weighted by molar-refractivity contribution is -0.166. The average Bonchev–Trinajstić information content (AvgIpc) is 2.73. The summed E-state index contributed by atoms with van der Waals surface area (Å²) in [7, 11) is 0. The van der Waals surface area contributed by atoms with Crippen LogP contribution in [0, 0.1) is 17.8 Å². The molecule has 0 bridgehead atoms. The molecular weight excluding hydrogens is 270 g/mol. The molecule has 0 aromatic carbocycles. The van der Waals surface area contributed by atoms with Crippen molar-refractivity contribution in [2.45, 2.75) is 51.0 Å². The molecule has 0 spiro atoms. The van der Waals surface area contributed by atoms with Crippen molar-refractivity contribution in [3.05, 3.63) is 12.2 Å². The highest BCUT2D eigenvalue weighted by molar-refractivity contribution is 6.09. The number of carboxylic acids is 1. The average molecular weight is 291 g/mol. The number of carbonyl (C=O) groups is 3. The topological polar surface area (TPSA) is 74.7 Å². The minimum atomic E-state index is -1.31. The van der Waals surface area contributed by atoms with Crippen molar-refractivity contribution < 1.29 is 19.5 Å². The molecule has 0 aromatic rings. The molecule has 1 heterocycles. The lowest BCUT2D eigenvalue weighted by Crippen LogP contribution is -2.59. The first-order valence-electron chi connectivity index (χ1n) is 7.73. The molecule has 2 unspecified atom stereocenters. The van der Waals surface area contributed by atoms with Crippen LogP contribution in [-0.4, -0.2) is 33.3 Å². The number of hydrogen-bond donors (Lipinski definition) is 1. The maximum Gasteiger partial charge on any atom is 0.330 e. The molecule has 3 aliphatic rings. The number of fused-ring (bicyclic) bond motifs is 1. The lowest BCUT2D eigenvalue weighted by Gasteiger charge is -2.41. The standard InChI is InChI=1S/C16H21NO4/c1-10-6-8-16(9-7-10,15(20)21)17-13(18)11-4-2-3-5-12(11)14(17)19/h2-3,10-12H,4-9H2,1H3,(H,20,21). The summed E-state index contributed by atoms with van der Waals surface area (Å²) >= 11 is 0. The summed E-state index contributed by atoms with van der Waals surface area (Å²) in [6, 6.07) is 0. The van der Waals surface area contributed by atoms with E-state index in [0.717, 1.165) is 17.7 Å². The van der Waals surface area contributed by atoms with E-state index in [1.54, 1.807) is 0 Å². The van der Waals surface area contributed by atoms with Gasteiger partial charge < -0.3 is 5.11 Å². The maximum absolute atomic E-state index is 12.6. The molecule has 0 aromatic heterocycles. The number of hydrogen-bond acceptors (Lipinski definition) is 3. The quantitative estimate of drug-likeness (QED) is 0.623. The zero-order valence-electron chi connectivity index (χ0n) is 12.2. The Labute approximate surface area is 124 Å². The van der Waals surface area contributed by atoms with E-state index in [-0.39, 0.29) is 23.7 Å². The molecular formula is C16H21NO4. The van der Waals surface area contributed by atoms with E-state index in [9.17, 15) is 19.5 Å². The van der Waals surface area contributed by atoms with E-state index in [1.807, 2.05) is 12.2 Å². The minimum Gasteiger partial charge on any atom is -0.479 e. The molecule has 2 amide bonds. The number of amides is 2. The molecule has 2 fully saturated rings. The van der Waals surface area contributed by atoms with Gasteiger partial charge in [0.05, 0.1) is 11.8 Å². The molecule has 1 saturated carbocycles. The van der Waals surface area contributed by atoms with E-state index < -0.39 is 11.5 Å². The van der Waals surface area contributed by atoms with Gasteiger partial charge in [-0.05, 0) is 44.4 Å². The zero-order chi connectivity index (χ0) is 15.2. The normalized spacial score (nSPS) is 39.5. The van der Waals surface area contributed by atoms with Crippen molar-refractivity contribution in [3.63, 3.8) is 0 Å². The van der Waals surface area contributed by atoms with Crippen LogP contribution in [0.4, 0.5) is 0 Å². The first-order chi connectivity index (χ1) is 9.97. The lowest BCUT2D eigenvalue weighted by atomic mass is 9.76. The van der Waals surface area contributed by atoms with Crippen LogP contribution in [0.3, 0.4) is 0 Å². The summed E-state index contributed by atoms with van der Waals surface area (Å²) in [6.45, 7) is 2.09. The fraction of sp³-hybridized carbons (Fsp3) is 0.688. The highest BCUT2D eigenvalue weighted by atomic mass is 16.4. The van der Waals surface area contributed by atoms with Crippen LogP contribution in [0.15, 0.2) is 12.2 Å². The Bertz CT molecular complexity index is 490. The molecule has 5 heteroatoms. The largest absolute Gasteiger partial charge is 0.479 e. The van der Waals surface area contributed by atoms with Gasteiger partial charge in [0.2, 0.25) is 11.8 Å². The molecule has 3 rings (SSSR count). The van der Waals surface area contributed by atoms with Crippen molar-refractivity contribution in [2.75, 3.05) is 0 Å². The number of nitrogens with zero attached hydrogens (tertiary/aromatic N) is 1. The van der Waals surface area contributed by atoms with Crippen LogP contribution < -0.4 is 0 Å². The summed E-state index contributed by atoms with van der Waals surface area (Å²) in [5.74, 6) is -1.81. The van der Waals surface area contributed by atoms with Gasteiger partial charge in [0.15, 0.2) is 0 Å². The van der Waals surface area contributed by atoms with E-state index >= 15 is 0 Å². The van der Waals surface area contributed by atoms with Gasteiger partial charge >= 0.3 is 5.97 Å². The number of carbonyl (C=O) groups excluding carboxylic acids is 2. The molecule has 0 radical (unpaired) electrons. The number of aliphatic carboxylic acids is 1. The fourth-order valence-corrected chi connectivity index (χ4v) is 3.99. The molecule has 2 aliphatic carbocycles. The Balaban J connectivity index is 1.95. The number of carboxylic acid groups (broad SMARTS) is 1. The first-order valence-corrected chi connectivity index (χ1v) is 7.73. The van der Waals surface area contributed by atoms with Gasteiger partial charge in [0, 0.05) is 0 Å². The van der Waals surface area contributed by atoms with Crippen molar-refractivity contribution in [3.8, 4) is 0 Å². The van der Waals surface area contributed by atoms with Gasteiger partial charge in [-0.1, -0.05) is 19.1 Å². The smallest absolute Gasteiger partial charge is 0.330 e. The number of imide groups is 1. The summed E-state index contributed by atoms with van der Waals surface area (Å²) < 4.78 is 0. The minimum absolute atomic E-state index is 0.272. The van der Waals surface area contributed by atoms with Crippen LogP contribution in [-0.2, 0) is 14.4 Å². The van der Waals surface area contributed by atoms with Gasteiger partial charge in [-0.3, -0.25) is 14.5 Å². The monoisotopic (exact) mass is 291 g/mol. The van der Waals surface area contributed by atoms with Crippen LogP contribution in [0.25, 0.3) is 0 Å². The highest BCUT2D eigenvalue weighted by Gasteiger charge is 2.58. The molecule has 2 atom stereocenters. The third-order valence-electron chi connectivity index (χ3n) is 5.44. The molecule has 1 aliphatic heterocycles. The van der Waals surface area contributed by atoms with Crippen molar-refractivity contribution in [1.29, 1.82) is 0 Å². The Morgan fingerprint density at radius 2 is 1.62 bits per heavy atom. The molecule has 21 heavy (non-hydrogen) atoms. The predicted octanol–water partition coefficient (Wildman–Crippen LogP) is 1.97. The summed E-state index contributed by atoms with van der Waals surface area (Å²) in [6.07, 6.45) is 7.21. The van der Waals surface area contributed by atoms with Crippen molar-refractivity contribution in [2.24, 2.45) is 17.8 Å². The van der Waals surface area contributed by atoms with Gasteiger partial charge in [-0.25, -0.2) is 4.79 Å². The van der Waals surface area contributed by atoms with Gasteiger partial charge in [-0.2, -0.15) is 0 Å². The maximum atomic E-state index is 12.6. The Morgan fingerprint density at radius 1 is 1.14 bits per heavy atom. The summed E-state index contributed by atoms with van der Waals surface area (Å²) in [5.41, 5.74) is -1.31. The van der Waals surface area contributed by atoms with Crippen LogP contribution in [0.5, 0.6) is 0 Å². The second kappa shape index (κ2) is 4.97. The third kappa shape index (κ3) is 2.01. The second-order valence-corrected chi connectivity index (χ2v) is 6.69. The van der Waals surface area contributed by atoms with E-state index in [1.165, 1.54) is 0 Å². The van der Waals surface area contributed by atoms with E-state index in [2.05, 4.69) is 6.92 Å². The van der Waals surface area contributed by atoms with Crippen LogP contribution in [0.2, 0.25) is 0 Å². The Hall–Kier alpha value is -1.65. The summed E-state index contributed by atoms with van der Waals surface area (Å²) in [5, 5.41) is 9.74. The van der Waals surface area contributed by atoms with Crippen molar-refractivity contribution >= 4 is 17.8 Å². The Morgan fingerprint density at radius 3 is 2.05 bits per heavy atom. The van der Waals surface area contributed by atoms with Gasteiger partial charge in [0.25, 0.3) is 0 Å². The summed E-state index contributed by atoms with van der Waals surface area (Å²) in [4.78, 5) is 38.3. The van der Waals surface area contributed by atoms with E-state index in [4.69, 9.17) is 0 Å². The Kier molecular flexibility index (Phi) is 3.38. The third-order valence-corrected chi connectivity index (χ3v) is 5.44. The number of allylic oxidation sites excluding steroid dienone is 2. The van der Waals surface area contributed by atoms with Crippen molar-refractivity contribution in [1.82, 2.24) is 4.90 Å². The SMILES string of the molecule is CC1CCC(C(=O)O)(N2C(=O)C3CC=CCC3C2=O)CC1. The molecule has 1 N–H and O–H groups in total. The van der Waals surface area contributed by atoms with Gasteiger partial charge in [0.1, 0.15) is 5.54 Å². The molecule has 114 valence electrons. The molecule has 1 saturated heterocycles. The second-order valence-electron chi connectivity index (χ2n) is 6.69. The van der Waals surface area contributed by atoms with Crippen LogP contribution in [0.1, 0.15) is 45.4 Å². The van der Waals surface area contributed by atoms with Crippen LogP contribution >= 0.6 is 0 Å². The number of likely N-dealkylation sites (tertiary alicyclic amines) is 1. The zero-order valence-corrected chi connectivity index (χ0v) is 12.2. The fourth-order valence-electron chi connectivity index (χ4n) is 3.99.